The Morgan fingerprint density at radius 3 is 0.760 bits per heavy atom. The molecule has 0 aromatic heterocycles. The number of unbranched alkanes of at least 4 members (excludes halogenated alkanes) is 1. The Kier molecular flexibility index (Phi) is 149. The topological polar surface area (TPSA) is 608 Å². The number of ether oxygens (including phenoxy) is 1. The maximum atomic E-state index is 10.4. The van der Waals surface area contributed by atoms with Crippen LogP contribution in [-0.4, -0.2) is 136 Å². The van der Waals surface area contributed by atoms with Crippen LogP contribution in [0.25, 0.3) is 0 Å². The molecule has 0 aromatic carbocycles. The fourth-order valence-electron chi connectivity index (χ4n) is 2.22. The molecule has 0 spiro atoms. The van der Waals surface area contributed by atoms with E-state index in [1.54, 1.807) is 34.0 Å². The summed E-state index contributed by atoms with van der Waals surface area (Å²) in [5.41, 5.74) is 0. The second kappa shape index (κ2) is 106. The molecule has 0 atom stereocenters. The lowest BCUT2D eigenvalue weighted by Crippen LogP contribution is -1.93. The molecular weight excluding hydrogens is 1490 g/mol. The third kappa shape index (κ3) is 250. The highest BCUT2D eigenvalue weighted by Gasteiger charge is 2.19. The second-order valence-corrected chi connectivity index (χ2v) is 29.7. The summed E-state index contributed by atoms with van der Waals surface area (Å²) in [6.45, 7) is 57.0. The average molecular weight is 1630 g/mol. The van der Waals surface area contributed by atoms with E-state index in [0.717, 1.165) is 37.3 Å². The van der Waals surface area contributed by atoms with Gasteiger partial charge in [-0.3, -0.25) is 45.7 Å². The zero-order chi connectivity index (χ0) is 87.4. The highest BCUT2D eigenvalue weighted by Crippen LogP contribution is 2.50. The van der Waals surface area contributed by atoms with E-state index in [1.165, 1.54) is 52.8 Å². The van der Waals surface area contributed by atoms with Crippen molar-refractivity contribution >= 4 is 87.7 Å². The minimum atomic E-state index is -4.45. The van der Waals surface area contributed by atoms with Gasteiger partial charge in [-0.1, -0.05) is 202 Å². The quantitative estimate of drug-likeness (QED) is 0.0504. The third-order valence-corrected chi connectivity index (χ3v) is 15.3. The van der Waals surface area contributed by atoms with Crippen molar-refractivity contribution in [3.63, 3.8) is 0 Å². The maximum Gasteiger partial charge on any atom is 0.366 e. The Hall–Kier alpha value is -0.260. The maximum absolute atomic E-state index is 10.4. The van der Waals surface area contributed by atoms with Crippen LogP contribution in [0.3, 0.4) is 0 Å². The Balaban J connectivity index is -0.0000000384. The van der Waals surface area contributed by atoms with Gasteiger partial charge in [0.1, 0.15) is 17.7 Å². The molecule has 20 N–H and O–H groups in total. The summed E-state index contributed by atoms with van der Waals surface area (Å²) in [6, 6.07) is 0.877. The van der Waals surface area contributed by atoms with E-state index in [0.29, 0.717) is 25.3 Å². The minimum absolute atomic E-state index is 0.00694. The smallest absolute Gasteiger partial charge is 0.366 e. The summed E-state index contributed by atoms with van der Waals surface area (Å²) >= 11 is 1.07. The van der Waals surface area contributed by atoms with Crippen LogP contribution >= 0.6 is 87.7 Å². The molecule has 32 nitrogen and oxygen atoms in total. The van der Waals surface area contributed by atoms with Crippen LogP contribution in [0.1, 0.15) is 239 Å². The van der Waals surface area contributed by atoms with Gasteiger partial charge in [0.2, 0.25) is 0 Å². The Bertz CT molecular complexity index is 2390. The lowest BCUT2D eigenvalue weighted by Gasteiger charge is -2.03. The first-order chi connectivity index (χ1) is 45.0. The molecule has 0 radical (unpaired) electrons. The zero-order valence-corrected chi connectivity index (χ0v) is 73.1. The molecule has 96 heavy (non-hydrogen) atoms. The first-order valence-electron chi connectivity index (χ1n) is 32.0. The molecule has 0 unspecified atom stereocenters. The molecule has 0 amide bonds. The molecule has 0 heterocycles. The van der Waals surface area contributed by atoms with Crippen molar-refractivity contribution in [1.29, 1.82) is 5.26 Å². The fourth-order valence-corrected chi connectivity index (χ4v) is 7.24. The van der Waals surface area contributed by atoms with Gasteiger partial charge in [-0.15, -0.1) is 11.8 Å². The van der Waals surface area contributed by atoms with E-state index in [2.05, 4.69) is 4.74 Å². The number of hydrogen-bond acceptors (Lipinski definition) is 13. The lowest BCUT2D eigenvalue weighted by molar-refractivity contribution is 0.170. The van der Waals surface area contributed by atoms with Crippen LogP contribution in [-0.2, 0) is 50.4 Å². The summed E-state index contributed by atoms with van der Waals surface area (Å²) in [5, 5.41) is 7.69. The summed E-state index contributed by atoms with van der Waals surface area (Å²) in [6.07, 6.45) is 8.13. The van der Waals surface area contributed by atoms with Crippen molar-refractivity contribution < 1.29 is 154 Å². The Morgan fingerprint density at radius 2 is 0.740 bits per heavy atom. The second-order valence-electron chi connectivity index (χ2n) is 12.5. The van der Waals surface area contributed by atoms with Crippen LogP contribution in [0.5, 0.6) is 0 Å². The van der Waals surface area contributed by atoms with Gasteiger partial charge in [-0.2, -0.15) is 5.26 Å². The predicted molar refractivity (Wildman–Crippen MR) is 406 cm³/mol. The van der Waals surface area contributed by atoms with Crippen molar-refractivity contribution in [2.75, 3.05) is 37.7 Å². The number of nitrogens with zero attached hydrogens (tertiary/aromatic N) is 1. The van der Waals surface area contributed by atoms with Gasteiger partial charge in [0.25, 0.3) is 0 Å². The molecule has 600 valence electrons. The van der Waals surface area contributed by atoms with Crippen LogP contribution in [0.15, 0.2) is 69.1 Å². The largest absolute Gasteiger partial charge is 0.369 e. The number of nitriles is 1. The standard InChI is InChI=1S/C4H6NO3P.C4H9O3PS.C4H9O3P.C4H11O3P.C3H9O4P.C3H9O3P.3C3H7O3P.C2H7O3P.10C2H6/c1-2-4(3-5)9(6,7)8;1-3-4(9-2)8(5,6)7;1-3-4(2)8(5,6)7;1-2-3-4-8(5,6)7;1-2-7-3-8(4,5)6;4*1-2-3-7(4,5)6;1-2-6(3,4)5;10*1-2/h2H,1H3,(H2,6,7,8);3H,1-2H3,(H2,5,6,7);3H,1-2H3,(H2,5,6,7);2-4H2,1H3,(H2,5,6,7);2-3H2,1H3,(H2,4,5,6);2-3H2,1H3,(H2,4,5,6);3*2-3H,1H3,(H2,4,5,6);2H2,1H3,(H2,3,4,5);10*1-2H3/b4-2+;4-3-;4-3+;;;;3*3-2+;;;;;;;;;;;/i;;;;;;2D,3D;3D;2D;;;;;;;;;;;. The molecule has 0 aromatic rings. The van der Waals surface area contributed by atoms with E-state index in [1.807, 2.05) is 145 Å². The predicted octanol–water partition coefficient (Wildman–Crippen LogP) is 17.3. The SMILES string of the molecule is C/C=C(\C#N)P(=O)(O)O.C/C=C(\C)P(=O)(O)O.C/C=C(\SC)P(=O)(O)O.CC.CC.CC.CC.CC.CC.CC.CC.CC.CC.CCCCP(=O)(O)O.CCCP(=O)(O)O.CCOCP(=O)(O)O.CCP(=O)(O)O.[2H]/C(=C\C)P(=O)(O)O.[2H]/C(C)=C(/[2H])P(=O)(O)O.[2H]/C(C)=C\P(=O)(O)O. The highest BCUT2D eigenvalue weighted by molar-refractivity contribution is 8.09. The molecule has 0 aliphatic heterocycles. The van der Waals surface area contributed by atoms with Gasteiger partial charge in [0.05, 0.1) is 10.1 Å². The average Bonchev–Trinajstić information content (AvgIpc) is 0.925. The van der Waals surface area contributed by atoms with Crippen LogP contribution in [0.4, 0.5) is 0 Å². The van der Waals surface area contributed by atoms with Gasteiger partial charge in [0, 0.05) is 47.8 Å². The van der Waals surface area contributed by atoms with E-state index in [-0.39, 0.29) is 34.5 Å². The minimum Gasteiger partial charge on any atom is -0.369 e. The number of thioether (sulfide) groups is 1. The first kappa shape index (κ1) is 135. The Morgan fingerprint density at radius 1 is 0.427 bits per heavy atom. The lowest BCUT2D eigenvalue weighted by atomic mass is 10.4. The summed E-state index contributed by atoms with van der Waals surface area (Å²) in [7, 11) is -39.8. The monoisotopic (exact) mass is 1630 g/mol. The van der Waals surface area contributed by atoms with Crippen LogP contribution in [0, 0.1) is 11.3 Å². The van der Waals surface area contributed by atoms with E-state index in [4.69, 9.17) is 109 Å². The van der Waals surface area contributed by atoms with Gasteiger partial charge < -0.3 is 103 Å². The fraction of sp³-hybridized carbons (Fsp3) is 0.755. The summed E-state index contributed by atoms with van der Waals surface area (Å²) < 4.78 is 131. The molecule has 0 saturated carbocycles. The number of hydrogen-bond donors (Lipinski definition) is 20. The Labute approximate surface area is 590 Å². The zero-order valence-electron chi connectivity index (χ0n) is 67.3. The highest BCUT2D eigenvalue weighted by atomic mass is 32.2. The van der Waals surface area contributed by atoms with E-state index in [9.17, 15) is 45.7 Å². The van der Waals surface area contributed by atoms with Gasteiger partial charge >= 0.3 is 76.0 Å². The molecule has 0 aliphatic rings. The molecule has 0 rings (SSSR count). The molecule has 0 saturated heterocycles. The number of rotatable bonds is 16. The van der Waals surface area contributed by atoms with E-state index < -0.39 is 105 Å². The van der Waals surface area contributed by atoms with Crippen molar-refractivity contribution in [3.05, 3.63) is 69.1 Å². The molecular formula is C53H141NO31P10S. The van der Waals surface area contributed by atoms with Crippen LogP contribution < -0.4 is 0 Å². The van der Waals surface area contributed by atoms with E-state index >= 15 is 0 Å². The third-order valence-electron chi connectivity index (χ3n) is 5.37. The number of allylic oxidation sites excluding steroid dienone is 8. The summed E-state index contributed by atoms with van der Waals surface area (Å²) in [4.78, 5) is 164. The van der Waals surface area contributed by atoms with Gasteiger partial charge in [-0.25, -0.2) is 0 Å². The van der Waals surface area contributed by atoms with Crippen LogP contribution in [0.2, 0.25) is 0 Å². The molecule has 0 bridgehead atoms. The summed E-state index contributed by atoms with van der Waals surface area (Å²) in [5.74, 6) is -0.937. The van der Waals surface area contributed by atoms with Crippen molar-refractivity contribution in [1.82, 2.24) is 0 Å². The van der Waals surface area contributed by atoms with Crippen molar-refractivity contribution in [3.8, 4) is 6.07 Å². The van der Waals surface area contributed by atoms with Crippen molar-refractivity contribution in [2.24, 2.45) is 0 Å². The molecule has 0 fully saturated rings. The normalized spacial score (nSPS) is 11.8. The molecule has 43 heteroatoms. The van der Waals surface area contributed by atoms with Crippen molar-refractivity contribution in [2.45, 2.75) is 234 Å². The first-order valence-corrected chi connectivity index (χ1v) is 48.1. The van der Waals surface area contributed by atoms with Gasteiger partial charge in [0.15, 0.2) is 0 Å². The molecule has 0 aliphatic carbocycles. The van der Waals surface area contributed by atoms with Gasteiger partial charge in [-0.05, 0) is 74.5 Å².